The molecular formula is C36H45N3O4S. The number of carbonyl (C=O) groups is 2. The van der Waals surface area contributed by atoms with Crippen molar-refractivity contribution in [1.29, 1.82) is 0 Å². The molecule has 2 heterocycles. The minimum atomic E-state index is -3.81. The fourth-order valence-corrected chi connectivity index (χ4v) is 8.71. The Kier molecular flexibility index (Phi) is 9.49. The van der Waals surface area contributed by atoms with Crippen LogP contribution in [0.3, 0.4) is 0 Å². The van der Waals surface area contributed by atoms with Gasteiger partial charge in [-0.15, -0.1) is 0 Å². The molecule has 0 spiro atoms. The lowest BCUT2D eigenvalue weighted by molar-refractivity contribution is 0.0471. The SMILES string of the molecule is Cc1c(C)c(C)c(S(=O)(=O)Nc2ccc(C(=O)N3CCC(C4CCCCCN4C(=O)c4ccccc4)CC3)cc2)c(C)c1C. The summed E-state index contributed by atoms with van der Waals surface area (Å²) in [4.78, 5) is 31.2. The number of piperidine rings is 1. The highest BCUT2D eigenvalue weighted by Crippen LogP contribution is 2.33. The Morgan fingerprint density at radius 1 is 0.659 bits per heavy atom. The van der Waals surface area contributed by atoms with E-state index in [1.54, 1.807) is 24.3 Å². The molecule has 2 amide bonds. The van der Waals surface area contributed by atoms with Crippen molar-refractivity contribution in [3.05, 3.63) is 93.5 Å². The van der Waals surface area contributed by atoms with Crippen LogP contribution in [0.2, 0.25) is 0 Å². The zero-order chi connectivity index (χ0) is 31.6. The number of hydrogen-bond donors (Lipinski definition) is 1. The van der Waals surface area contributed by atoms with E-state index >= 15 is 0 Å². The van der Waals surface area contributed by atoms with Crippen LogP contribution in [0.15, 0.2) is 59.5 Å². The molecule has 1 atom stereocenters. The summed E-state index contributed by atoms with van der Waals surface area (Å²) < 4.78 is 29.6. The highest BCUT2D eigenvalue weighted by atomic mass is 32.2. The minimum Gasteiger partial charge on any atom is -0.339 e. The van der Waals surface area contributed by atoms with Gasteiger partial charge in [-0.05, 0) is 130 Å². The van der Waals surface area contributed by atoms with Crippen molar-refractivity contribution >= 4 is 27.5 Å². The first-order chi connectivity index (χ1) is 21.0. The molecule has 0 aliphatic carbocycles. The van der Waals surface area contributed by atoms with Crippen molar-refractivity contribution in [3.8, 4) is 0 Å². The van der Waals surface area contributed by atoms with E-state index in [1.807, 2.05) is 69.9 Å². The highest BCUT2D eigenvalue weighted by Gasteiger charge is 2.35. The minimum absolute atomic E-state index is 0.0487. The maximum atomic E-state index is 13.5. The summed E-state index contributed by atoms with van der Waals surface area (Å²) in [6.07, 6.45) is 6.03. The zero-order valence-corrected chi connectivity index (χ0v) is 27.5. The molecule has 0 saturated carbocycles. The van der Waals surface area contributed by atoms with Crippen molar-refractivity contribution in [2.75, 3.05) is 24.4 Å². The normalized spacial score (nSPS) is 18.2. The van der Waals surface area contributed by atoms with Gasteiger partial charge in [0.1, 0.15) is 0 Å². The van der Waals surface area contributed by atoms with Gasteiger partial charge in [-0.25, -0.2) is 8.42 Å². The molecule has 8 heteroatoms. The molecule has 2 aliphatic rings. The molecule has 2 aliphatic heterocycles. The summed E-state index contributed by atoms with van der Waals surface area (Å²) in [5.74, 6) is 0.430. The Morgan fingerprint density at radius 2 is 1.23 bits per heavy atom. The predicted octanol–water partition coefficient (Wildman–Crippen LogP) is 6.97. The molecule has 2 saturated heterocycles. The molecule has 0 aromatic heterocycles. The molecule has 7 nitrogen and oxygen atoms in total. The zero-order valence-electron chi connectivity index (χ0n) is 26.7. The fraction of sp³-hybridized carbons (Fsp3) is 0.444. The Hall–Kier alpha value is -3.65. The molecule has 3 aromatic rings. The first-order valence-electron chi connectivity index (χ1n) is 15.8. The monoisotopic (exact) mass is 615 g/mol. The molecule has 3 aromatic carbocycles. The van der Waals surface area contributed by atoms with Gasteiger partial charge in [-0.1, -0.05) is 31.0 Å². The number of benzene rings is 3. The lowest BCUT2D eigenvalue weighted by atomic mass is 9.85. The summed E-state index contributed by atoms with van der Waals surface area (Å²) >= 11 is 0. The van der Waals surface area contributed by atoms with Crippen LogP contribution >= 0.6 is 0 Å². The third kappa shape index (κ3) is 6.41. The fourth-order valence-electron chi connectivity index (χ4n) is 7.05. The quantitative estimate of drug-likeness (QED) is 0.325. The Balaban J connectivity index is 1.23. The number of nitrogens with one attached hydrogen (secondary N) is 1. The summed E-state index contributed by atoms with van der Waals surface area (Å²) in [5.41, 5.74) is 6.28. The maximum absolute atomic E-state index is 13.5. The van der Waals surface area contributed by atoms with Crippen molar-refractivity contribution in [1.82, 2.24) is 9.80 Å². The largest absolute Gasteiger partial charge is 0.339 e. The lowest BCUT2D eigenvalue weighted by Crippen LogP contribution is -2.48. The second-order valence-electron chi connectivity index (χ2n) is 12.5. The summed E-state index contributed by atoms with van der Waals surface area (Å²) in [6, 6.07) is 16.5. The molecular weight excluding hydrogens is 570 g/mol. The molecule has 5 rings (SSSR count). The van der Waals surface area contributed by atoms with Crippen molar-refractivity contribution in [2.45, 2.75) is 84.1 Å². The number of rotatable bonds is 6. The van der Waals surface area contributed by atoms with E-state index in [4.69, 9.17) is 0 Å². The second kappa shape index (κ2) is 13.1. The number of hydrogen-bond acceptors (Lipinski definition) is 4. The summed E-state index contributed by atoms with van der Waals surface area (Å²) in [6.45, 7) is 11.7. The number of likely N-dealkylation sites (tertiary alicyclic amines) is 2. The molecule has 44 heavy (non-hydrogen) atoms. The van der Waals surface area contributed by atoms with Crippen LogP contribution in [0.4, 0.5) is 5.69 Å². The van der Waals surface area contributed by atoms with E-state index in [0.29, 0.717) is 35.2 Å². The maximum Gasteiger partial charge on any atom is 0.262 e. The van der Waals surface area contributed by atoms with Gasteiger partial charge in [0.2, 0.25) is 0 Å². The smallest absolute Gasteiger partial charge is 0.262 e. The molecule has 0 bridgehead atoms. The Labute approximate surface area is 262 Å². The van der Waals surface area contributed by atoms with E-state index in [0.717, 1.165) is 78.5 Å². The molecule has 1 N–H and O–H groups in total. The molecule has 0 radical (unpaired) electrons. The van der Waals surface area contributed by atoms with Gasteiger partial charge in [0.25, 0.3) is 21.8 Å². The third-order valence-corrected chi connectivity index (χ3v) is 11.7. The molecule has 1 unspecified atom stereocenters. The van der Waals surface area contributed by atoms with Gasteiger partial charge in [0.05, 0.1) is 4.90 Å². The summed E-state index contributed by atoms with van der Waals surface area (Å²) in [7, 11) is -3.81. The van der Waals surface area contributed by atoms with Gasteiger partial charge >= 0.3 is 0 Å². The second-order valence-corrected chi connectivity index (χ2v) is 14.2. The first kappa shape index (κ1) is 31.8. The van der Waals surface area contributed by atoms with Crippen LogP contribution in [0.1, 0.15) is 87.1 Å². The average molecular weight is 616 g/mol. The van der Waals surface area contributed by atoms with Crippen LogP contribution in [0.25, 0.3) is 0 Å². The van der Waals surface area contributed by atoms with Gasteiger partial charge in [-0.2, -0.15) is 0 Å². The van der Waals surface area contributed by atoms with E-state index in [1.165, 1.54) is 0 Å². The number of nitrogens with zero attached hydrogens (tertiary/aromatic N) is 2. The Bertz CT molecular complexity index is 1600. The van der Waals surface area contributed by atoms with E-state index in [9.17, 15) is 18.0 Å². The Morgan fingerprint density at radius 3 is 1.84 bits per heavy atom. The number of anilines is 1. The lowest BCUT2D eigenvalue weighted by Gasteiger charge is -2.40. The van der Waals surface area contributed by atoms with Gasteiger partial charge in [0.15, 0.2) is 0 Å². The van der Waals surface area contributed by atoms with Gasteiger partial charge in [0, 0.05) is 42.5 Å². The van der Waals surface area contributed by atoms with Crippen LogP contribution in [0, 0.1) is 40.5 Å². The van der Waals surface area contributed by atoms with Crippen LogP contribution in [-0.2, 0) is 10.0 Å². The predicted molar refractivity (Wildman–Crippen MR) is 176 cm³/mol. The van der Waals surface area contributed by atoms with E-state index in [-0.39, 0.29) is 17.9 Å². The number of carbonyl (C=O) groups excluding carboxylic acids is 2. The van der Waals surface area contributed by atoms with E-state index in [2.05, 4.69) is 9.62 Å². The van der Waals surface area contributed by atoms with Gasteiger partial charge in [-0.3, -0.25) is 14.3 Å². The van der Waals surface area contributed by atoms with Crippen LogP contribution in [-0.4, -0.2) is 55.7 Å². The first-order valence-corrected chi connectivity index (χ1v) is 17.3. The van der Waals surface area contributed by atoms with Crippen LogP contribution < -0.4 is 4.72 Å². The highest BCUT2D eigenvalue weighted by molar-refractivity contribution is 7.92. The molecule has 234 valence electrons. The summed E-state index contributed by atoms with van der Waals surface area (Å²) in [5, 5.41) is 0. The van der Waals surface area contributed by atoms with Gasteiger partial charge < -0.3 is 9.80 Å². The number of amides is 2. The van der Waals surface area contributed by atoms with Crippen molar-refractivity contribution < 1.29 is 18.0 Å². The molecule has 2 fully saturated rings. The third-order valence-electron chi connectivity index (χ3n) is 10.0. The van der Waals surface area contributed by atoms with E-state index < -0.39 is 10.0 Å². The standard InChI is InChI=1S/C36H45N3O4S/c1-24-25(2)27(4)34(28(5)26(24)3)44(42,43)37-32-17-15-31(16-18-32)35(40)38-22-19-29(20-23-38)33-14-10-7-11-21-39(33)36(41)30-12-8-6-9-13-30/h6,8-9,12-13,15-18,29,33,37H,7,10-11,14,19-23H2,1-5H3. The average Bonchev–Trinajstić information content (AvgIpc) is 3.29. The van der Waals surface area contributed by atoms with Crippen LogP contribution in [0.5, 0.6) is 0 Å². The number of sulfonamides is 1. The van der Waals surface area contributed by atoms with Crippen molar-refractivity contribution in [2.24, 2.45) is 5.92 Å². The topological polar surface area (TPSA) is 86.8 Å². The van der Waals surface area contributed by atoms with Crippen molar-refractivity contribution in [3.63, 3.8) is 0 Å².